The zero-order valence-electron chi connectivity index (χ0n) is 11.4. The summed E-state index contributed by atoms with van der Waals surface area (Å²) in [6.07, 6.45) is 2.73. The summed E-state index contributed by atoms with van der Waals surface area (Å²) in [5, 5.41) is 10.7. The number of esters is 1. The van der Waals surface area contributed by atoms with Crippen LogP contribution >= 0.6 is 0 Å². The Bertz CT molecular complexity index is 315. The van der Waals surface area contributed by atoms with Crippen LogP contribution in [0.3, 0.4) is 0 Å². The van der Waals surface area contributed by atoms with Crippen molar-refractivity contribution in [3.63, 3.8) is 0 Å². The van der Waals surface area contributed by atoms with Crippen molar-refractivity contribution in [3.05, 3.63) is 11.1 Å². The van der Waals surface area contributed by atoms with Gasteiger partial charge in [0.15, 0.2) is 0 Å². The van der Waals surface area contributed by atoms with Crippen LogP contribution in [0.2, 0.25) is 0 Å². The molecule has 2 unspecified atom stereocenters. The Morgan fingerprint density at radius 1 is 1.53 bits per heavy atom. The normalized spacial score (nSPS) is 29.0. The molecule has 0 aromatic carbocycles. The van der Waals surface area contributed by atoms with Crippen LogP contribution < -0.4 is 0 Å². The van der Waals surface area contributed by atoms with E-state index in [1.165, 1.54) is 0 Å². The molecule has 2 atom stereocenters. The van der Waals surface area contributed by atoms with Crippen LogP contribution in [0.4, 0.5) is 0 Å². The second-order valence-electron chi connectivity index (χ2n) is 5.34. The lowest BCUT2D eigenvalue weighted by Gasteiger charge is -2.38. The van der Waals surface area contributed by atoms with E-state index in [0.29, 0.717) is 18.9 Å². The van der Waals surface area contributed by atoms with E-state index in [1.807, 2.05) is 13.8 Å². The Labute approximate surface area is 104 Å². The lowest BCUT2D eigenvalue weighted by atomic mass is 9.72. The van der Waals surface area contributed by atoms with E-state index in [2.05, 4.69) is 6.92 Å². The Hall–Kier alpha value is -0.830. The van der Waals surface area contributed by atoms with Gasteiger partial charge in [0.1, 0.15) is 0 Å². The fourth-order valence-corrected chi connectivity index (χ4v) is 2.77. The Morgan fingerprint density at radius 3 is 2.71 bits per heavy atom. The first-order valence-corrected chi connectivity index (χ1v) is 6.44. The molecule has 0 aromatic rings. The lowest BCUT2D eigenvalue weighted by molar-refractivity contribution is -0.148. The molecule has 3 nitrogen and oxygen atoms in total. The largest absolute Gasteiger partial charge is 0.466 e. The van der Waals surface area contributed by atoms with Crippen molar-refractivity contribution in [1.82, 2.24) is 0 Å². The van der Waals surface area contributed by atoms with Gasteiger partial charge in [0.2, 0.25) is 0 Å². The molecular formula is C14H24O3. The summed E-state index contributed by atoms with van der Waals surface area (Å²) in [7, 11) is 0. The third kappa shape index (κ3) is 3.56. The van der Waals surface area contributed by atoms with Crippen molar-refractivity contribution < 1.29 is 14.6 Å². The van der Waals surface area contributed by atoms with Gasteiger partial charge in [0, 0.05) is 0 Å². The highest BCUT2D eigenvalue weighted by Gasteiger charge is 2.39. The number of hydrogen-bond acceptors (Lipinski definition) is 3. The van der Waals surface area contributed by atoms with Gasteiger partial charge in [0.25, 0.3) is 0 Å². The monoisotopic (exact) mass is 240 g/mol. The van der Waals surface area contributed by atoms with Gasteiger partial charge in [-0.05, 0) is 51.5 Å². The third-order valence-electron chi connectivity index (χ3n) is 3.48. The molecule has 17 heavy (non-hydrogen) atoms. The zero-order chi connectivity index (χ0) is 13.1. The molecule has 0 bridgehead atoms. The molecule has 0 heterocycles. The minimum absolute atomic E-state index is 0.0890. The van der Waals surface area contributed by atoms with Gasteiger partial charge in [-0.15, -0.1) is 0 Å². The SMILES string of the molecule is CCOC(=O)CC1(O)CC(C)CCC1=C(C)C. The summed E-state index contributed by atoms with van der Waals surface area (Å²) in [4.78, 5) is 11.6. The van der Waals surface area contributed by atoms with Gasteiger partial charge in [0.05, 0.1) is 18.6 Å². The van der Waals surface area contributed by atoms with E-state index in [4.69, 9.17) is 4.74 Å². The number of carbonyl (C=O) groups is 1. The predicted octanol–water partition coefficient (Wildman–Crippen LogP) is 2.83. The van der Waals surface area contributed by atoms with Crippen molar-refractivity contribution in [1.29, 1.82) is 0 Å². The number of aliphatic hydroxyl groups is 1. The maximum atomic E-state index is 11.6. The first-order valence-electron chi connectivity index (χ1n) is 6.44. The van der Waals surface area contributed by atoms with Crippen LogP contribution in [0.5, 0.6) is 0 Å². The highest BCUT2D eigenvalue weighted by Crippen LogP contribution is 2.40. The van der Waals surface area contributed by atoms with Gasteiger partial charge in [-0.1, -0.05) is 12.5 Å². The van der Waals surface area contributed by atoms with Crippen LogP contribution in [0, 0.1) is 5.92 Å². The fraction of sp³-hybridized carbons (Fsp3) is 0.786. The average Bonchev–Trinajstić information content (AvgIpc) is 2.15. The van der Waals surface area contributed by atoms with Crippen LogP contribution in [0.25, 0.3) is 0 Å². The first-order chi connectivity index (χ1) is 7.89. The molecule has 0 spiro atoms. The van der Waals surface area contributed by atoms with E-state index in [0.717, 1.165) is 24.0 Å². The maximum absolute atomic E-state index is 11.6. The molecule has 0 aromatic heterocycles. The van der Waals surface area contributed by atoms with E-state index >= 15 is 0 Å². The Balaban J connectivity index is 2.86. The number of allylic oxidation sites excluding steroid dienone is 1. The van der Waals surface area contributed by atoms with Crippen LogP contribution in [-0.2, 0) is 9.53 Å². The second kappa shape index (κ2) is 5.67. The van der Waals surface area contributed by atoms with Gasteiger partial charge < -0.3 is 9.84 Å². The van der Waals surface area contributed by atoms with Gasteiger partial charge in [-0.2, -0.15) is 0 Å². The molecule has 1 rings (SSSR count). The molecule has 1 fully saturated rings. The van der Waals surface area contributed by atoms with Gasteiger partial charge in [-0.3, -0.25) is 4.79 Å². The highest BCUT2D eigenvalue weighted by atomic mass is 16.5. The summed E-state index contributed by atoms with van der Waals surface area (Å²) < 4.78 is 4.95. The number of rotatable bonds is 3. The zero-order valence-corrected chi connectivity index (χ0v) is 11.4. The van der Waals surface area contributed by atoms with Gasteiger partial charge in [-0.25, -0.2) is 0 Å². The smallest absolute Gasteiger partial charge is 0.309 e. The van der Waals surface area contributed by atoms with Crippen molar-refractivity contribution >= 4 is 5.97 Å². The average molecular weight is 240 g/mol. The van der Waals surface area contributed by atoms with E-state index < -0.39 is 5.60 Å². The minimum atomic E-state index is -0.983. The summed E-state index contributed by atoms with van der Waals surface area (Å²) in [6, 6.07) is 0. The molecule has 0 radical (unpaired) electrons. The van der Waals surface area contributed by atoms with E-state index in [-0.39, 0.29) is 12.4 Å². The Kier molecular flexibility index (Phi) is 4.75. The second-order valence-corrected chi connectivity index (χ2v) is 5.34. The molecule has 1 aliphatic carbocycles. The molecular weight excluding hydrogens is 216 g/mol. The maximum Gasteiger partial charge on any atom is 0.309 e. The molecule has 1 saturated carbocycles. The summed E-state index contributed by atoms with van der Waals surface area (Å²) in [6.45, 7) is 8.28. The minimum Gasteiger partial charge on any atom is -0.466 e. The summed E-state index contributed by atoms with van der Waals surface area (Å²) in [5.74, 6) is 0.153. The van der Waals surface area contributed by atoms with Gasteiger partial charge >= 0.3 is 5.97 Å². The molecule has 3 heteroatoms. The van der Waals surface area contributed by atoms with Crippen LogP contribution in [0.1, 0.15) is 53.4 Å². The lowest BCUT2D eigenvalue weighted by Crippen LogP contribution is -2.40. The molecule has 1 aliphatic rings. The van der Waals surface area contributed by atoms with Crippen molar-refractivity contribution in [3.8, 4) is 0 Å². The van der Waals surface area contributed by atoms with Crippen molar-refractivity contribution in [2.45, 2.75) is 59.0 Å². The predicted molar refractivity (Wildman–Crippen MR) is 67.6 cm³/mol. The topological polar surface area (TPSA) is 46.5 Å². The molecule has 0 amide bonds. The summed E-state index contributed by atoms with van der Waals surface area (Å²) in [5.41, 5.74) is 1.18. The molecule has 98 valence electrons. The molecule has 1 N–H and O–H groups in total. The number of ether oxygens (including phenoxy) is 1. The number of hydrogen-bond donors (Lipinski definition) is 1. The van der Waals surface area contributed by atoms with E-state index in [9.17, 15) is 9.90 Å². The third-order valence-corrected chi connectivity index (χ3v) is 3.48. The highest BCUT2D eigenvalue weighted by molar-refractivity contribution is 5.71. The molecule has 0 aliphatic heterocycles. The standard InChI is InChI=1S/C14H24O3/c1-5-17-13(15)9-14(16)8-11(4)6-7-12(14)10(2)3/h11,16H,5-9H2,1-4H3. The van der Waals surface area contributed by atoms with Crippen molar-refractivity contribution in [2.24, 2.45) is 5.92 Å². The fourth-order valence-electron chi connectivity index (χ4n) is 2.77. The van der Waals surface area contributed by atoms with Crippen LogP contribution in [0.15, 0.2) is 11.1 Å². The Morgan fingerprint density at radius 2 is 2.18 bits per heavy atom. The van der Waals surface area contributed by atoms with E-state index in [1.54, 1.807) is 6.92 Å². The quantitative estimate of drug-likeness (QED) is 0.609. The summed E-state index contributed by atoms with van der Waals surface area (Å²) >= 11 is 0. The number of carbonyl (C=O) groups excluding carboxylic acids is 1. The van der Waals surface area contributed by atoms with Crippen molar-refractivity contribution in [2.75, 3.05) is 6.61 Å². The first kappa shape index (κ1) is 14.2. The van der Waals surface area contributed by atoms with Crippen LogP contribution in [-0.4, -0.2) is 23.3 Å². The molecule has 0 saturated heterocycles.